The molecule has 0 unspecified atom stereocenters. The standard InChI is InChI=1S/C26H23F2N5O3S/c27-17-11-16(36-15-6-2-1-3-7-15)12-18(28)22(17)33-19-8-10-30-25-20(19)21(32-26(33)35)23(37-25)24(34)31-14-5-4-9-29-13-14/h1-2,6,8,10-12,14,29H,3-5,7,9,13H2,(H,31,34)(H,32,35)/t14-/m1/s1. The molecule has 0 bridgehead atoms. The number of carbonyl (C=O) groups excluding carboxylic acids is 2. The van der Waals surface area contributed by atoms with Crippen molar-refractivity contribution in [2.45, 2.75) is 31.7 Å². The van der Waals surface area contributed by atoms with E-state index in [1.807, 2.05) is 12.2 Å². The molecule has 11 heteroatoms. The van der Waals surface area contributed by atoms with Crippen molar-refractivity contribution in [2.75, 3.05) is 23.3 Å². The van der Waals surface area contributed by atoms with Crippen LogP contribution in [0.25, 0.3) is 10.2 Å². The second-order valence-electron chi connectivity index (χ2n) is 9.04. The van der Waals surface area contributed by atoms with E-state index in [1.54, 1.807) is 6.08 Å². The lowest BCUT2D eigenvalue weighted by molar-refractivity contribution is 0.0935. The number of hydrogen-bond donors (Lipinski definition) is 3. The molecule has 190 valence electrons. The molecule has 4 heterocycles. The highest BCUT2D eigenvalue weighted by atomic mass is 32.1. The third kappa shape index (κ3) is 4.34. The minimum atomic E-state index is -0.955. The molecule has 0 radical (unpaired) electrons. The molecule has 3 aromatic rings. The van der Waals surface area contributed by atoms with Gasteiger partial charge in [0, 0.05) is 37.3 Å². The van der Waals surface area contributed by atoms with Gasteiger partial charge in [0.05, 0.1) is 16.8 Å². The van der Waals surface area contributed by atoms with E-state index in [-0.39, 0.29) is 23.4 Å². The second-order valence-corrected chi connectivity index (χ2v) is 10.0. The maximum absolute atomic E-state index is 15.3. The van der Waals surface area contributed by atoms with Crippen molar-refractivity contribution in [3.8, 4) is 5.75 Å². The zero-order chi connectivity index (χ0) is 25.5. The SMILES string of the molecule is O=C(N[C@@H]1CCCNC1)c1sc2nccc3c2c1NC(=O)N3c1c(F)cc(OC2=CC=CCC2)cc1F. The molecule has 37 heavy (non-hydrogen) atoms. The van der Waals surface area contributed by atoms with Gasteiger partial charge in [-0.2, -0.15) is 0 Å². The molecule has 1 aliphatic carbocycles. The molecular formula is C26H23F2N5O3S. The summed E-state index contributed by atoms with van der Waals surface area (Å²) in [6.45, 7) is 1.58. The summed E-state index contributed by atoms with van der Waals surface area (Å²) in [7, 11) is 0. The predicted molar refractivity (Wildman–Crippen MR) is 138 cm³/mol. The largest absolute Gasteiger partial charge is 0.462 e. The molecule has 2 aromatic heterocycles. The van der Waals surface area contributed by atoms with Gasteiger partial charge in [-0.3, -0.25) is 9.69 Å². The number of halogens is 2. The first-order valence-electron chi connectivity index (χ1n) is 12.1. The van der Waals surface area contributed by atoms with Gasteiger partial charge in [-0.25, -0.2) is 18.6 Å². The highest BCUT2D eigenvalue weighted by Gasteiger charge is 2.36. The molecule has 6 rings (SSSR count). The number of aromatic nitrogens is 1. The number of ether oxygens (including phenoxy) is 1. The summed E-state index contributed by atoms with van der Waals surface area (Å²) >= 11 is 1.12. The van der Waals surface area contributed by atoms with Crippen molar-refractivity contribution >= 4 is 50.6 Å². The van der Waals surface area contributed by atoms with Gasteiger partial charge in [-0.15, -0.1) is 11.3 Å². The van der Waals surface area contributed by atoms with Gasteiger partial charge < -0.3 is 20.7 Å². The molecular weight excluding hydrogens is 500 g/mol. The average Bonchev–Trinajstić information content (AvgIpc) is 3.26. The van der Waals surface area contributed by atoms with Crippen LogP contribution in [-0.2, 0) is 0 Å². The topological polar surface area (TPSA) is 95.6 Å². The van der Waals surface area contributed by atoms with Crippen LogP contribution in [0, 0.1) is 11.6 Å². The minimum absolute atomic E-state index is 0.00461. The maximum atomic E-state index is 15.3. The number of amides is 3. The Morgan fingerprint density at radius 1 is 1.27 bits per heavy atom. The van der Waals surface area contributed by atoms with E-state index < -0.39 is 23.4 Å². The van der Waals surface area contributed by atoms with Gasteiger partial charge in [-0.1, -0.05) is 12.2 Å². The Morgan fingerprint density at radius 2 is 2.11 bits per heavy atom. The third-order valence-corrected chi connectivity index (χ3v) is 7.62. The summed E-state index contributed by atoms with van der Waals surface area (Å²) in [5.41, 5.74) is -0.000317. The van der Waals surface area contributed by atoms with Gasteiger partial charge in [0.1, 0.15) is 26.9 Å². The third-order valence-electron chi connectivity index (χ3n) is 6.52. The Morgan fingerprint density at radius 3 is 2.84 bits per heavy atom. The fourth-order valence-corrected chi connectivity index (χ4v) is 5.85. The highest BCUT2D eigenvalue weighted by Crippen LogP contribution is 2.47. The van der Waals surface area contributed by atoms with Gasteiger partial charge >= 0.3 is 6.03 Å². The smallest absolute Gasteiger partial charge is 0.331 e. The van der Waals surface area contributed by atoms with Crippen molar-refractivity contribution in [1.29, 1.82) is 0 Å². The second kappa shape index (κ2) is 9.56. The lowest BCUT2D eigenvalue weighted by Crippen LogP contribution is -2.45. The molecule has 1 fully saturated rings. The molecule has 1 aromatic carbocycles. The molecule has 2 aliphatic heterocycles. The van der Waals surface area contributed by atoms with Crippen LogP contribution in [0.4, 0.5) is 30.6 Å². The summed E-state index contributed by atoms with van der Waals surface area (Å²) in [5.74, 6) is -1.63. The Balaban J connectivity index is 1.36. The first-order chi connectivity index (χ1) is 18.0. The number of allylic oxidation sites excluding steroid dienone is 4. The van der Waals surface area contributed by atoms with Crippen LogP contribution in [-0.4, -0.2) is 36.1 Å². The summed E-state index contributed by atoms with van der Waals surface area (Å²) in [4.78, 5) is 32.4. The quantitative estimate of drug-likeness (QED) is 0.419. The number of thiophene rings is 1. The first-order valence-corrected chi connectivity index (χ1v) is 12.9. The van der Waals surface area contributed by atoms with Crippen molar-refractivity contribution < 1.29 is 23.1 Å². The molecule has 8 nitrogen and oxygen atoms in total. The van der Waals surface area contributed by atoms with E-state index in [2.05, 4.69) is 20.9 Å². The van der Waals surface area contributed by atoms with Crippen LogP contribution in [0.15, 0.2) is 48.4 Å². The summed E-state index contributed by atoms with van der Waals surface area (Å²) < 4.78 is 36.3. The van der Waals surface area contributed by atoms with E-state index in [0.717, 1.165) is 54.2 Å². The number of pyridine rings is 1. The highest BCUT2D eigenvalue weighted by molar-refractivity contribution is 7.21. The Kier molecular flexibility index (Phi) is 6.09. The number of carbonyl (C=O) groups is 2. The first kappa shape index (κ1) is 23.6. The summed E-state index contributed by atoms with van der Waals surface area (Å²) in [6, 6.07) is 2.82. The normalized spacial score (nSPS) is 19.0. The number of benzene rings is 1. The van der Waals surface area contributed by atoms with Crippen LogP contribution in [0.2, 0.25) is 0 Å². The van der Waals surface area contributed by atoms with Crippen LogP contribution < -0.4 is 25.6 Å². The van der Waals surface area contributed by atoms with E-state index in [1.165, 1.54) is 12.3 Å². The number of hydrogen-bond acceptors (Lipinski definition) is 6. The van der Waals surface area contributed by atoms with Gasteiger partial charge in [0.25, 0.3) is 5.91 Å². The zero-order valence-electron chi connectivity index (χ0n) is 19.6. The molecule has 1 atom stereocenters. The summed E-state index contributed by atoms with van der Waals surface area (Å²) in [5, 5.41) is 9.38. The van der Waals surface area contributed by atoms with Gasteiger partial charge in [-0.05, 0) is 37.9 Å². The Bertz CT molecular complexity index is 1460. The molecule has 3 N–H and O–H groups in total. The van der Waals surface area contributed by atoms with E-state index in [0.29, 0.717) is 39.5 Å². The Hall–Kier alpha value is -3.83. The fraction of sp³-hybridized carbons (Fsp3) is 0.269. The van der Waals surface area contributed by atoms with Crippen molar-refractivity contribution in [2.24, 2.45) is 0 Å². The average molecular weight is 524 g/mol. The van der Waals surface area contributed by atoms with Crippen molar-refractivity contribution in [3.05, 3.63) is 64.9 Å². The van der Waals surface area contributed by atoms with Gasteiger partial charge in [0.15, 0.2) is 11.6 Å². The van der Waals surface area contributed by atoms with Crippen LogP contribution in [0.1, 0.15) is 35.4 Å². The number of nitrogens with one attached hydrogen (secondary N) is 3. The number of rotatable bonds is 5. The zero-order valence-corrected chi connectivity index (χ0v) is 20.5. The molecule has 0 spiro atoms. The molecule has 0 saturated carbocycles. The van der Waals surface area contributed by atoms with Crippen LogP contribution in [0.5, 0.6) is 5.75 Å². The van der Waals surface area contributed by atoms with E-state index in [9.17, 15) is 9.59 Å². The van der Waals surface area contributed by atoms with Crippen LogP contribution in [0.3, 0.4) is 0 Å². The monoisotopic (exact) mass is 523 g/mol. The maximum Gasteiger partial charge on any atom is 0.331 e. The number of anilines is 3. The molecule has 1 saturated heterocycles. The number of piperidine rings is 1. The van der Waals surface area contributed by atoms with Crippen molar-refractivity contribution in [3.63, 3.8) is 0 Å². The lowest BCUT2D eigenvalue weighted by Gasteiger charge is -2.29. The number of nitrogens with zero attached hydrogens (tertiary/aromatic N) is 2. The molecule has 3 aliphatic rings. The van der Waals surface area contributed by atoms with Crippen LogP contribution >= 0.6 is 11.3 Å². The molecule has 3 amide bonds. The Labute approximate surface area is 215 Å². The van der Waals surface area contributed by atoms with Gasteiger partial charge in [0.2, 0.25) is 0 Å². The fourth-order valence-electron chi connectivity index (χ4n) is 4.82. The van der Waals surface area contributed by atoms with Crippen molar-refractivity contribution in [1.82, 2.24) is 15.6 Å². The minimum Gasteiger partial charge on any atom is -0.462 e. The van der Waals surface area contributed by atoms with E-state index in [4.69, 9.17) is 4.74 Å². The lowest BCUT2D eigenvalue weighted by atomic mass is 10.1. The summed E-state index contributed by atoms with van der Waals surface area (Å²) in [6.07, 6.45) is 10.2. The predicted octanol–water partition coefficient (Wildman–Crippen LogP) is 5.35. The number of urea groups is 1. The van der Waals surface area contributed by atoms with E-state index >= 15 is 8.78 Å².